The fraction of sp³-hybridized carbons (Fsp3) is 0.900. The number of likely N-dealkylation sites (tertiary alicyclic amines) is 1. The van der Waals surface area contributed by atoms with E-state index in [1.54, 1.807) is 0 Å². The zero-order valence-corrected chi connectivity index (χ0v) is 9.13. The van der Waals surface area contributed by atoms with E-state index in [2.05, 4.69) is 23.9 Å². The lowest BCUT2D eigenvalue weighted by molar-refractivity contribution is -0.123. The number of nitrogens with zero attached hydrogens (tertiary/aromatic N) is 2. The van der Waals surface area contributed by atoms with Gasteiger partial charge in [-0.3, -0.25) is 9.69 Å². The number of hydrogen-bond acceptors (Lipinski definition) is 3. The molecule has 0 unspecified atom stereocenters. The molecule has 0 aliphatic carbocycles. The summed E-state index contributed by atoms with van der Waals surface area (Å²) in [6.45, 7) is 7.00. The molecule has 0 bridgehead atoms. The minimum atomic E-state index is -0.226. The Morgan fingerprint density at radius 1 is 1.46 bits per heavy atom. The van der Waals surface area contributed by atoms with Crippen molar-refractivity contribution in [1.82, 2.24) is 9.80 Å². The van der Waals surface area contributed by atoms with Crippen LogP contribution in [-0.4, -0.2) is 54.9 Å². The zero-order chi connectivity index (χ0) is 10.1. The van der Waals surface area contributed by atoms with Crippen LogP contribution in [0.3, 0.4) is 0 Å². The van der Waals surface area contributed by atoms with Gasteiger partial charge in [-0.2, -0.15) is 0 Å². The van der Waals surface area contributed by atoms with Crippen molar-refractivity contribution in [1.29, 1.82) is 0 Å². The lowest BCUT2D eigenvalue weighted by Gasteiger charge is -2.30. The number of ketones is 1. The van der Waals surface area contributed by atoms with E-state index < -0.39 is 0 Å². The Hall–Kier alpha value is -0.410. The van der Waals surface area contributed by atoms with Crippen molar-refractivity contribution in [3.05, 3.63) is 0 Å². The Morgan fingerprint density at radius 3 is 2.46 bits per heavy atom. The monoisotopic (exact) mass is 184 g/mol. The van der Waals surface area contributed by atoms with Gasteiger partial charge in [-0.1, -0.05) is 0 Å². The van der Waals surface area contributed by atoms with Gasteiger partial charge in [0.25, 0.3) is 0 Å². The minimum absolute atomic E-state index is 0.226. The van der Waals surface area contributed by atoms with Gasteiger partial charge in [0.2, 0.25) is 0 Å². The van der Waals surface area contributed by atoms with Gasteiger partial charge in [0, 0.05) is 26.1 Å². The summed E-state index contributed by atoms with van der Waals surface area (Å²) in [6.07, 6.45) is 0.723. The van der Waals surface area contributed by atoms with E-state index in [1.165, 1.54) is 0 Å². The van der Waals surface area contributed by atoms with Gasteiger partial charge >= 0.3 is 0 Å². The Bertz CT molecular complexity index is 199. The smallest absolute Gasteiger partial charge is 0.153 e. The lowest BCUT2D eigenvalue weighted by Crippen LogP contribution is -2.45. The fourth-order valence-corrected chi connectivity index (χ4v) is 1.71. The van der Waals surface area contributed by atoms with Gasteiger partial charge in [-0.15, -0.1) is 0 Å². The van der Waals surface area contributed by atoms with E-state index in [4.69, 9.17) is 0 Å². The topological polar surface area (TPSA) is 23.6 Å². The first-order chi connectivity index (χ1) is 5.94. The largest absolute Gasteiger partial charge is 0.308 e. The number of carbonyl (C=O) groups is 1. The minimum Gasteiger partial charge on any atom is -0.308 e. The van der Waals surface area contributed by atoms with E-state index in [9.17, 15) is 4.79 Å². The van der Waals surface area contributed by atoms with E-state index in [-0.39, 0.29) is 5.54 Å². The van der Waals surface area contributed by atoms with Crippen LogP contribution in [0.5, 0.6) is 0 Å². The highest BCUT2D eigenvalue weighted by Crippen LogP contribution is 2.24. The predicted octanol–water partition coefficient (Wildman–Crippen LogP) is 0.601. The maximum atomic E-state index is 11.5. The number of likely N-dealkylation sites (N-methyl/N-ethyl adjacent to an activating group) is 1. The highest BCUT2D eigenvalue weighted by Gasteiger charge is 2.39. The molecule has 1 rings (SSSR count). The molecule has 0 N–H and O–H groups in total. The van der Waals surface area contributed by atoms with Crippen LogP contribution in [0.4, 0.5) is 0 Å². The Labute approximate surface area is 80.7 Å². The van der Waals surface area contributed by atoms with E-state index in [1.807, 2.05) is 13.8 Å². The first-order valence-corrected chi connectivity index (χ1v) is 4.87. The van der Waals surface area contributed by atoms with Crippen LogP contribution in [0.2, 0.25) is 0 Å². The Balaban J connectivity index is 2.48. The maximum Gasteiger partial charge on any atom is 0.153 e. The quantitative estimate of drug-likeness (QED) is 0.642. The third kappa shape index (κ3) is 2.29. The summed E-state index contributed by atoms with van der Waals surface area (Å²) in [5, 5.41) is 0. The van der Waals surface area contributed by atoms with Crippen molar-refractivity contribution < 1.29 is 4.79 Å². The fourth-order valence-electron chi connectivity index (χ4n) is 1.71. The predicted molar refractivity (Wildman–Crippen MR) is 53.8 cm³/mol. The summed E-state index contributed by atoms with van der Waals surface area (Å²) in [5.41, 5.74) is -0.226. The average Bonchev–Trinajstić information content (AvgIpc) is 2.25. The van der Waals surface area contributed by atoms with Crippen LogP contribution < -0.4 is 0 Å². The lowest BCUT2D eigenvalue weighted by atomic mass is 10.0. The third-order valence-corrected chi connectivity index (χ3v) is 2.90. The number of Topliss-reactive ketones (excluding diaryl/α,β-unsaturated/α-hetero) is 1. The summed E-state index contributed by atoms with van der Waals surface area (Å²) >= 11 is 0. The number of hydrogen-bond donors (Lipinski definition) is 0. The molecule has 0 amide bonds. The molecule has 1 saturated heterocycles. The molecule has 3 nitrogen and oxygen atoms in total. The highest BCUT2D eigenvalue weighted by atomic mass is 16.1. The molecule has 3 heteroatoms. The SMILES string of the molecule is CN(C)CCN1CCC(=O)C1(C)C. The normalized spacial score (nSPS) is 23.0. The molecule has 1 aliphatic rings. The van der Waals surface area contributed by atoms with E-state index in [0.717, 1.165) is 26.1 Å². The first kappa shape index (κ1) is 10.7. The molecule has 0 saturated carbocycles. The van der Waals surface area contributed by atoms with Gasteiger partial charge in [0.1, 0.15) is 0 Å². The van der Waals surface area contributed by atoms with Crippen LogP contribution >= 0.6 is 0 Å². The van der Waals surface area contributed by atoms with Crippen LogP contribution in [-0.2, 0) is 4.79 Å². The van der Waals surface area contributed by atoms with Crippen LogP contribution in [0.25, 0.3) is 0 Å². The van der Waals surface area contributed by atoms with Crippen LogP contribution in [0, 0.1) is 0 Å². The molecule has 0 spiro atoms. The molecule has 76 valence electrons. The molecule has 0 aromatic heterocycles. The van der Waals surface area contributed by atoms with Gasteiger partial charge in [0.05, 0.1) is 5.54 Å². The van der Waals surface area contributed by atoms with Crippen LogP contribution in [0.15, 0.2) is 0 Å². The molecule has 1 fully saturated rings. The molecule has 0 aromatic rings. The van der Waals surface area contributed by atoms with Gasteiger partial charge in [0.15, 0.2) is 5.78 Å². The van der Waals surface area contributed by atoms with Gasteiger partial charge < -0.3 is 4.90 Å². The molecule has 13 heavy (non-hydrogen) atoms. The second-order valence-corrected chi connectivity index (χ2v) is 4.52. The Morgan fingerprint density at radius 2 is 2.08 bits per heavy atom. The summed E-state index contributed by atoms with van der Waals surface area (Å²) in [5.74, 6) is 0.381. The summed E-state index contributed by atoms with van der Waals surface area (Å²) in [6, 6.07) is 0. The van der Waals surface area contributed by atoms with Gasteiger partial charge in [-0.05, 0) is 27.9 Å². The molecule has 1 heterocycles. The molecular weight excluding hydrogens is 164 g/mol. The van der Waals surface area contributed by atoms with E-state index >= 15 is 0 Å². The summed E-state index contributed by atoms with van der Waals surface area (Å²) in [4.78, 5) is 15.9. The van der Waals surface area contributed by atoms with Crippen molar-refractivity contribution >= 4 is 5.78 Å². The molecule has 0 aromatic carbocycles. The highest BCUT2D eigenvalue weighted by molar-refractivity contribution is 5.89. The molecule has 0 atom stereocenters. The molecular formula is C10H20N2O. The molecule has 1 aliphatic heterocycles. The Kier molecular flexibility index (Phi) is 3.09. The van der Waals surface area contributed by atoms with E-state index in [0.29, 0.717) is 5.78 Å². The van der Waals surface area contributed by atoms with Crippen molar-refractivity contribution in [3.8, 4) is 0 Å². The van der Waals surface area contributed by atoms with Crippen molar-refractivity contribution in [2.24, 2.45) is 0 Å². The van der Waals surface area contributed by atoms with Gasteiger partial charge in [-0.25, -0.2) is 0 Å². The second kappa shape index (κ2) is 3.76. The van der Waals surface area contributed by atoms with Crippen molar-refractivity contribution in [2.45, 2.75) is 25.8 Å². The van der Waals surface area contributed by atoms with Crippen molar-refractivity contribution in [2.75, 3.05) is 33.7 Å². The summed E-state index contributed by atoms with van der Waals surface area (Å²) < 4.78 is 0. The molecule has 0 radical (unpaired) electrons. The van der Waals surface area contributed by atoms with Crippen molar-refractivity contribution in [3.63, 3.8) is 0 Å². The maximum absolute atomic E-state index is 11.5. The number of carbonyl (C=O) groups excluding carboxylic acids is 1. The van der Waals surface area contributed by atoms with Crippen LogP contribution in [0.1, 0.15) is 20.3 Å². The number of rotatable bonds is 3. The zero-order valence-electron chi connectivity index (χ0n) is 9.13. The average molecular weight is 184 g/mol. The standard InChI is InChI=1S/C10H20N2O/c1-10(2)9(13)5-6-12(10)8-7-11(3)4/h5-8H2,1-4H3. The second-order valence-electron chi connectivity index (χ2n) is 4.52. The third-order valence-electron chi connectivity index (χ3n) is 2.90. The summed E-state index contributed by atoms with van der Waals surface area (Å²) in [7, 11) is 4.12. The first-order valence-electron chi connectivity index (χ1n) is 4.87.